The molecule has 10 heteroatoms. The summed E-state index contributed by atoms with van der Waals surface area (Å²) < 4.78 is 10.5. The Morgan fingerprint density at radius 1 is 0.973 bits per heavy atom. The van der Waals surface area contributed by atoms with Gasteiger partial charge in [-0.25, -0.2) is 14.4 Å². The quantitative estimate of drug-likeness (QED) is 0.470. The van der Waals surface area contributed by atoms with E-state index in [0.29, 0.717) is 0 Å². The van der Waals surface area contributed by atoms with Gasteiger partial charge in [0, 0.05) is 26.1 Å². The van der Waals surface area contributed by atoms with Crippen LogP contribution >= 0.6 is 0 Å². The molecule has 37 heavy (non-hydrogen) atoms. The maximum Gasteiger partial charge on any atom is 0.407 e. The van der Waals surface area contributed by atoms with Crippen molar-refractivity contribution in [3.8, 4) is 11.1 Å². The second kappa shape index (κ2) is 11.8. The number of carbonyl (C=O) groups is 4. The number of fused-ring (bicyclic) bond motifs is 3. The van der Waals surface area contributed by atoms with E-state index in [1.807, 2.05) is 48.5 Å². The standard InChI is InChI=1S/C27H33N3O7/c1-27(2,3)37-25(34)28-13-14-30(4)23(31)15-22(24(32)33)29-26(35)36-16-21-19-11-7-5-9-17(19)18-10-6-8-12-20(18)21/h5-12,21-22H,13-16H2,1-4H3,(H,28,34)(H,29,35)(H,32,33)/t22-/m0/s1. The molecule has 0 heterocycles. The molecule has 0 aromatic heterocycles. The highest BCUT2D eigenvalue weighted by Crippen LogP contribution is 2.44. The van der Waals surface area contributed by atoms with Crippen LogP contribution in [-0.2, 0) is 19.1 Å². The summed E-state index contributed by atoms with van der Waals surface area (Å²) in [6.07, 6.45) is -2.01. The zero-order valence-electron chi connectivity index (χ0n) is 21.4. The first-order valence-corrected chi connectivity index (χ1v) is 12.0. The highest BCUT2D eigenvalue weighted by molar-refractivity contribution is 5.87. The summed E-state index contributed by atoms with van der Waals surface area (Å²) in [6, 6.07) is 14.3. The Balaban J connectivity index is 1.50. The fraction of sp³-hybridized carbons (Fsp3) is 0.407. The van der Waals surface area contributed by atoms with Crippen molar-refractivity contribution in [1.29, 1.82) is 0 Å². The minimum atomic E-state index is -1.47. The molecule has 0 bridgehead atoms. The zero-order chi connectivity index (χ0) is 27.2. The number of amides is 3. The number of alkyl carbamates (subject to hydrolysis) is 2. The summed E-state index contributed by atoms with van der Waals surface area (Å²) in [6.45, 7) is 5.48. The molecule has 3 N–H and O–H groups in total. The van der Waals surface area contributed by atoms with Crippen LogP contribution in [0.4, 0.5) is 9.59 Å². The molecule has 0 fully saturated rings. The molecule has 198 valence electrons. The molecular formula is C27H33N3O7. The van der Waals surface area contributed by atoms with E-state index in [1.165, 1.54) is 11.9 Å². The molecule has 1 atom stereocenters. The van der Waals surface area contributed by atoms with Crippen LogP contribution < -0.4 is 10.6 Å². The molecule has 0 radical (unpaired) electrons. The van der Waals surface area contributed by atoms with Crippen LogP contribution in [0.1, 0.15) is 44.2 Å². The Labute approximate surface area is 215 Å². The van der Waals surface area contributed by atoms with Crippen LogP contribution in [-0.4, -0.2) is 72.5 Å². The monoisotopic (exact) mass is 511 g/mol. The lowest BCUT2D eigenvalue weighted by Gasteiger charge is -2.22. The molecule has 2 aromatic carbocycles. The van der Waals surface area contributed by atoms with Crippen molar-refractivity contribution in [3.05, 3.63) is 59.7 Å². The van der Waals surface area contributed by atoms with Gasteiger partial charge in [-0.15, -0.1) is 0 Å². The lowest BCUT2D eigenvalue weighted by Crippen LogP contribution is -2.46. The number of likely N-dealkylation sites (N-methyl/N-ethyl adjacent to an activating group) is 1. The van der Waals surface area contributed by atoms with Gasteiger partial charge >= 0.3 is 18.2 Å². The normalized spacial score (nSPS) is 13.1. The highest BCUT2D eigenvalue weighted by Gasteiger charge is 2.30. The van der Waals surface area contributed by atoms with E-state index in [0.717, 1.165) is 22.3 Å². The number of carboxylic acids is 1. The summed E-state index contributed by atoms with van der Waals surface area (Å²) >= 11 is 0. The molecule has 10 nitrogen and oxygen atoms in total. The first-order valence-electron chi connectivity index (χ1n) is 12.0. The van der Waals surface area contributed by atoms with Gasteiger partial charge in [0.25, 0.3) is 0 Å². The van der Waals surface area contributed by atoms with Crippen LogP contribution in [0.5, 0.6) is 0 Å². The molecule has 1 aliphatic rings. The summed E-state index contributed by atoms with van der Waals surface area (Å²) in [5, 5.41) is 14.3. The zero-order valence-corrected chi connectivity index (χ0v) is 21.4. The van der Waals surface area contributed by atoms with Gasteiger partial charge in [0.05, 0.1) is 6.42 Å². The van der Waals surface area contributed by atoms with Gasteiger partial charge in [-0.3, -0.25) is 4.79 Å². The van der Waals surface area contributed by atoms with Crippen LogP contribution in [0.2, 0.25) is 0 Å². The third-order valence-electron chi connectivity index (χ3n) is 5.85. The van der Waals surface area contributed by atoms with Crippen molar-refractivity contribution < 1.29 is 33.8 Å². The minimum Gasteiger partial charge on any atom is -0.480 e. The van der Waals surface area contributed by atoms with E-state index in [-0.39, 0.29) is 25.6 Å². The van der Waals surface area contributed by atoms with Gasteiger partial charge in [-0.1, -0.05) is 48.5 Å². The number of carbonyl (C=O) groups excluding carboxylic acids is 3. The van der Waals surface area contributed by atoms with Crippen LogP contribution in [0.3, 0.4) is 0 Å². The second-order valence-electron chi connectivity index (χ2n) is 9.81. The van der Waals surface area contributed by atoms with Gasteiger partial charge in [0.2, 0.25) is 5.91 Å². The lowest BCUT2D eigenvalue weighted by atomic mass is 9.98. The maximum atomic E-state index is 12.5. The molecule has 1 aliphatic carbocycles. The number of hydrogen-bond acceptors (Lipinski definition) is 6. The van der Waals surface area contributed by atoms with E-state index in [2.05, 4.69) is 10.6 Å². The van der Waals surface area contributed by atoms with Gasteiger partial charge in [-0.05, 0) is 43.0 Å². The molecule has 0 spiro atoms. The molecule has 3 amide bonds. The van der Waals surface area contributed by atoms with E-state index < -0.39 is 42.1 Å². The number of hydrogen-bond donors (Lipinski definition) is 3. The third kappa shape index (κ3) is 7.45. The van der Waals surface area contributed by atoms with Crippen molar-refractivity contribution in [1.82, 2.24) is 15.5 Å². The number of aliphatic carboxylic acids is 1. The smallest absolute Gasteiger partial charge is 0.407 e. The lowest BCUT2D eigenvalue weighted by molar-refractivity contribution is -0.143. The van der Waals surface area contributed by atoms with Gasteiger partial charge in [0.1, 0.15) is 18.2 Å². The fourth-order valence-electron chi connectivity index (χ4n) is 4.08. The van der Waals surface area contributed by atoms with Gasteiger partial charge < -0.3 is 30.1 Å². The Bertz CT molecular complexity index is 1110. The summed E-state index contributed by atoms with van der Waals surface area (Å²) in [4.78, 5) is 49.7. The number of benzene rings is 2. The van der Waals surface area contributed by atoms with E-state index in [4.69, 9.17) is 9.47 Å². The fourth-order valence-corrected chi connectivity index (χ4v) is 4.08. The average Bonchev–Trinajstić information content (AvgIpc) is 3.14. The third-order valence-corrected chi connectivity index (χ3v) is 5.85. The van der Waals surface area contributed by atoms with Crippen LogP contribution in [0.25, 0.3) is 11.1 Å². The van der Waals surface area contributed by atoms with Crippen molar-refractivity contribution in [2.45, 2.75) is 44.8 Å². The minimum absolute atomic E-state index is 0.0242. The van der Waals surface area contributed by atoms with Gasteiger partial charge in [0.15, 0.2) is 0 Å². The largest absolute Gasteiger partial charge is 0.480 e. The maximum absolute atomic E-state index is 12.5. The van der Waals surface area contributed by atoms with Crippen molar-refractivity contribution in [2.75, 3.05) is 26.7 Å². The summed E-state index contributed by atoms with van der Waals surface area (Å²) in [7, 11) is 1.48. The predicted octanol–water partition coefficient (Wildman–Crippen LogP) is 3.35. The molecule has 0 unspecified atom stereocenters. The number of rotatable bonds is 9. The molecular weight excluding hydrogens is 478 g/mol. The second-order valence-corrected chi connectivity index (χ2v) is 9.81. The van der Waals surface area contributed by atoms with Crippen molar-refractivity contribution >= 4 is 24.1 Å². The molecule has 0 saturated heterocycles. The van der Waals surface area contributed by atoms with E-state index >= 15 is 0 Å². The SMILES string of the molecule is CN(CCNC(=O)OC(C)(C)C)C(=O)C[C@H](NC(=O)OCC1c2ccccc2-c2ccccc21)C(=O)O. The van der Waals surface area contributed by atoms with E-state index in [1.54, 1.807) is 20.8 Å². The first kappa shape index (κ1) is 27.5. The number of carboxylic acid groups (broad SMARTS) is 1. The number of ether oxygens (including phenoxy) is 2. The Kier molecular flexibility index (Phi) is 8.75. The highest BCUT2D eigenvalue weighted by atomic mass is 16.6. The first-order chi connectivity index (χ1) is 17.5. The van der Waals surface area contributed by atoms with Crippen molar-refractivity contribution in [3.63, 3.8) is 0 Å². The summed E-state index contributed by atoms with van der Waals surface area (Å²) in [5.74, 6) is -2.05. The Morgan fingerprint density at radius 2 is 1.54 bits per heavy atom. The Hall–Kier alpha value is -4.08. The summed E-state index contributed by atoms with van der Waals surface area (Å²) in [5.41, 5.74) is 3.56. The molecule has 2 aromatic rings. The topological polar surface area (TPSA) is 134 Å². The number of nitrogens with one attached hydrogen (secondary N) is 2. The van der Waals surface area contributed by atoms with Crippen LogP contribution in [0.15, 0.2) is 48.5 Å². The molecule has 3 rings (SSSR count). The van der Waals surface area contributed by atoms with Crippen LogP contribution in [0, 0.1) is 0 Å². The van der Waals surface area contributed by atoms with E-state index in [9.17, 15) is 24.3 Å². The van der Waals surface area contributed by atoms with Gasteiger partial charge in [-0.2, -0.15) is 0 Å². The van der Waals surface area contributed by atoms with Crippen molar-refractivity contribution in [2.24, 2.45) is 0 Å². The molecule has 0 saturated carbocycles. The molecule has 0 aliphatic heterocycles. The predicted molar refractivity (Wildman–Crippen MR) is 136 cm³/mol. The average molecular weight is 512 g/mol. The Morgan fingerprint density at radius 3 is 2.08 bits per heavy atom. The number of nitrogens with zero attached hydrogens (tertiary/aromatic N) is 1.